The normalized spacial score (nSPS) is 21.5. The van der Waals surface area contributed by atoms with Crippen LogP contribution in [0.25, 0.3) is 6.08 Å². The molecule has 8 heteroatoms. The molecule has 116 valence electrons. The molecular formula is C14H14ClN3O2S2. The number of likely N-dealkylation sites (tertiary alicyclic amines) is 1. The van der Waals surface area contributed by atoms with Crippen LogP contribution in [0.15, 0.2) is 22.0 Å². The number of piperidine rings is 1. The Kier molecular flexibility index (Phi) is 4.56. The van der Waals surface area contributed by atoms with Crippen LogP contribution >= 0.6 is 34.7 Å². The summed E-state index contributed by atoms with van der Waals surface area (Å²) in [6.07, 6.45) is 3.24. The molecule has 2 N–H and O–H groups in total. The van der Waals surface area contributed by atoms with Crippen molar-refractivity contribution in [1.29, 1.82) is 0 Å². The van der Waals surface area contributed by atoms with Gasteiger partial charge in [0.1, 0.15) is 0 Å². The Morgan fingerprint density at radius 1 is 1.41 bits per heavy atom. The monoisotopic (exact) mass is 355 g/mol. The number of primary amides is 1. The predicted octanol–water partition coefficient (Wildman–Crippen LogP) is 2.57. The summed E-state index contributed by atoms with van der Waals surface area (Å²) >= 11 is 8.69. The number of carbonyl (C=O) groups excluding carboxylic acids is 2. The molecule has 0 saturated carbocycles. The summed E-state index contributed by atoms with van der Waals surface area (Å²) in [5.74, 6) is -0.532. The van der Waals surface area contributed by atoms with Crippen LogP contribution in [0.3, 0.4) is 0 Å². The zero-order valence-electron chi connectivity index (χ0n) is 11.6. The van der Waals surface area contributed by atoms with E-state index in [2.05, 4.69) is 4.99 Å². The van der Waals surface area contributed by atoms with Crippen LogP contribution in [-0.4, -0.2) is 35.0 Å². The number of thiophene rings is 1. The first-order chi connectivity index (χ1) is 10.5. The van der Waals surface area contributed by atoms with Crippen LogP contribution in [0.2, 0.25) is 4.34 Å². The largest absolute Gasteiger partial charge is 0.369 e. The van der Waals surface area contributed by atoms with Gasteiger partial charge in [0.2, 0.25) is 5.91 Å². The van der Waals surface area contributed by atoms with Crippen LogP contribution in [0.4, 0.5) is 0 Å². The quantitative estimate of drug-likeness (QED) is 0.827. The van der Waals surface area contributed by atoms with Crippen LogP contribution in [0, 0.1) is 5.92 Å². The minimum atomic E-state index is -0.244. The van der Waals surface area contributed by atoms with Crippen molar-refractivity contribution in [2.45, 2.75) is 12.8 Å². The van der Waals surface area contributed by atoms with Gasteiger partial charge in [0.05, 0.1) is 9.24 Å². The maximum Gasteiger partial charge on any atom is 0.286 e. The van der Waals surface area contributed by atoms with E-state index in [0.29, 0.717) is 40.3 Å². The number of thioether (sulfide) groups is 1. The van der Waals surface area contributed by atoms with Gasteiger partial charge in [-0.05, 0) is 42.8 Å². The molecule has 2 amide bonds. The van der Waals surface area contributed by atoms with E-state index in [0.717, 1.165) is 4.88 Å². The molecule has 0 unspecified atom stereocenters. The third kappa shape index (κ3) is 3.37. The fourth-order valence-electron chi connectivity index (χ4n) is 2.42. The Labute approximate surface area is 141 Å². The van der Waals surface area contributed by atoms with Gasteiger partial charge < -0.3 is 10.6 Å². The van der Waals surface area contributed by atoms with Crippen molar-refractivity contribution in [2.24, 2.45) is 16.6 Å². The molecule has 0 spiro atoms. The SMILES string of the molecule is NC(=O)C1CCN(C2=NC(=O)/C(=C\c3ccc(Cl)s3)S2)CC1. The fourth-order valence-corrected chi connectivity index (χ4v) is 4.46. The molecule has 1 saturated heterocycles. The van der Waals surface area contributed by atoms with Crippen molar-refractivity contribution in [3.8, 4) is 0 Å². The molecule has 3 heterocycles. The molecule has 3 rings (SSSR count). The minimum absolute atomic E-state index is 0.0674. The molecule has 5 nitrogen and oxygen atoms in total. The Morgan fingerprint density at radius 3 is 2.73 bits per heavy atom. The topological polar surface area (TPSA) is 75.8 Å². The summed E-state index contributed by atoms with van der Waals surface area (Å²) < 4.78 is 0.692. The maximum atomic E-state index is 12.0. The number of amidine groups is 1. The Bertz CT molecular complexity index is 675. The van der Waals surface area contributed by atoms with E-state index >= 15 is 0 Å². The van der Waals surface area contributed by atoms with Gasteiger partial charge in [-0.1, -0.05) is 11.6 Å². The second-order valence-electron chi connectivity index (χ2n) is 5.12. The van der Waals surface area contributed by atoms with Crippen molar-refractivity contribution >= 4 is 57.8 Å². The third-order valence-corrected chi connectivity index (χ3v) is 5.87. The Balaban J connectivity index is 1.66. The molecule has 1 aromatic rings. The maximum absolute atomic E-state index is 12.0. The Morgan fingerprint density at radius 2 is 2.14 bits per heavy atom. The highest BCUT2D eigenvalue weighted by molar-refractivity contribution is 8.18. The Hall–Kier alpha value is -1.31. The predicted molar refractivity (Wildman–Crippen MR) is 90.8 cm³/mol. The lowest BCUT2D eigenvalue weighted by atomic mass is 9.97. The van der Waals surface area contributed by atoms with Gasteiger partial charge >= 0.3 is 0 Å². The van der Waals surface area contributed by atoms with Crippen molar-refractivity contribution in [2.75, 3.05) is 13.1 Å². The first-order valence-electron chi connectivity index (χ1n) is 6.85. The molecule has 0 atom stereocenters. The van der Waals surface area contributed by atoms with Gasteiger partial charge in [-0.15, -0.1) is 11.3 Å². The van der Waals surface area contributed by atoms with Crippen LogP contribution < -0.4 is 5.73 Å². The van der Waals surface area contributed by atoms with Crippen LogP contribution in [-0.2, 0) is 9.59 Å². The number of aliphatic imine (C=N–C) groups is 1. The molecule has 2 aliphatic rings. The number of nitrogens with zero attached hydrogens (tertiary/aromatic N) is 2. The van der Waals surface area contributed by atoms with Gasteiger partial charge in [0.25, 0.3) is 5.91 Å². The lowest BCUT2D eigenvalue weighted by Gasteiger charge is -2.31. The van der Waals surface area contributed by atoms with E-state index in [1.165, 1.54) is 23.1 Å². The number of nitrogens with two attached hydrogens (primary N) is 1. The highest BCUT2D eigenvalue weighted by atomic mass is 35.5. The summed E-state index contributed by atoms with van der Waals surface area (Å²) in [4.78, 5) is 30.9. The highest BCUT2D eigenvalue weighted by Crippen LogP contribution is 2.33. The molecule has 0 aromatic carbocycles. The minimum Gasteiger partial charge on any atom is -0.369 e. The summed E-state index contributed by atoms with van der Waals surface area (Å²) in [5, 5.41) is 0.710. The standard InChI is InChI=1S/C14H14ClN3O2S2/c15-11-2-1-9(21-11)7-10-13(20)17-14(22-10)18-5-3-8(4-6-18)12(16)19/h1-2,7-8H,3-6H2,(H2,16,19)/b10-7+. The number of rotatable bonds is 2. The summed E-state index contributed by atoms with van der Waals surface area (Å²) in [5.41, 5.74) is 5.33. The third-order valence-electron chi connectivity index (χ3n) is 3.64. The summed E-state index contributed by atoms with van der Waals surface area (Å²) in [7, 11) is 0. The lowest BCUT2D eigenvalue weighted by Crippen LogP contribution is -2.40. The van der Waals surface area contributed by atoms with Gasteiger partial charge in [-0.3, -0.25) is 9.59 Å². The van der Waals surface area contributed by atoms with E-state index in [9.17, 15) is 9.59 Å². The van der Waals surface area contributed by atoms with Gasteiger partial charge in [-0.25, -0.2) is 0 Å². The van der Waals surface area contributed by atoms with E-state index < -0.39 is 0 Å². The molecule has 0 aliphatic carbocycles. The molecule has 2 aliphatic heterocycles. The zero-order valence-corrected chi connectivity index (χ0v) is 14.0. The smallest absolute Gasteiger partial charge is 0.286 e. The van der Waals surface area contributed by atoms with E-state index in [-0.39, 0.29) is 17.7 Å². The summed E-state index contributed by atoms with van der Waals surface area (Å²) in [6, 6.07) is 3.68. The van der Waals surface area contributed by atoms with Crippen LogP contribution in [0.1, 0.15) is 17.7 Å². The van der Waals surface area contributed by atoms with Crippen molar-refractivity contribution in [3.05, 3.63) is 26.3 Å². The molecule has 0 bridgehead atoms. The number of halogens is 1. The van der Waals surface area contributed by atoms with Crippen LogP contribution in [0.5, 0.6) is 0 Å². The highest BCUT2D eigenvalue weighted by Gasteiger charge is 2.30. The first-order valence-corrected chi connectivity index (χ1v) is 8.86. The van der Waals surface area contributed by atoms with Crippen molar-refractivity contribution in [3.63, 3.8) is 0 Å². The summed E-state index contributed by atoms with van der Waals surface area (Å²) in [6.45, 7) is 1.40. The number of amides is 2. The first kappa shape index (κ1) is 15.6. The molecule has 1 fully saturated rings. The van der Waals surface area contributed by atoms with E-state index in [1.807, 2.05) is 17.0 Å². The van der Waals surface area contributed by atoms with Gasteiger partial charge in [0.15, 0.2) is 5.17 Å². The lowest BCUT2D eigenvalue weighted by molar-refractivity contribution is -0.123. The average Bonchev–Trinajstić information content (AvgIpc) is 3.06. The number of hydrogen-bond acceptors (Lipinski definition) is 5. The zero-order chi connectivity index (χ0) is 15.7. The number of hydrogen-bond donors (Lipinski definition) is 1. The van der Waals surface area contributed by atoms with Gasteiger partial charge in [0, 0.05) is 23.9 Å². The molecule has 22 heavy (non-hydrogen) atoms. The van der Waals surface area contributed by atoms with E-state index in [1.54, 1.807) is 6.07 Å². The van der Waals surface area contributed by atoms with Crippen molar-refractivity contribution < 1.29 is 9.59 Å². The van der Waals surface area contributed by atoms with Gasteiger partial charge in [-0.2, -0.15) is 4.99 Å². The molecule has 0 radical (unpaired) electrons. The molecular weight excluding hydrogens is 342 g/mol. The average molecular weight is 356 g/mol. The van der Waals surface area contributed by atoms with Crippen molar-refractivity contribution in [1.82, 2.24) is 4.90 Å². The van der Waals surface area contributed by atoms with E-state index in [4.69, 9.17) is 17.3 Å². The fraction of sp³-hybridized carbons (Fsp3) is 0.357. The second kappa shape index (κ2) is 6.44. The second-order valence-corrected chi connectivity index (χ2v) is 7.87. The molecule has 1 aromatic heterocycles. The number of carbonyl (C=O) groups is 2.